The highest BCUT2D eigenvalue weighted by atomic mass is 32.1. The molecule has 4 nitrogen and oxygen atoms in total. The molecule has 2 N–H and O–H groups in total. The molecule has 2 aromatic heterocycles. The van der Waals surface area contributed by atoms with Crippen molar-refractivity contribution >= 4 is 11.3 Å². The summed E-state index contributed by atoms with van der Waals surface area (Å²) in [7, 11) is 0. The predicted octanol–water partition coefficient (Wildman–Crippen LogP) is 1.33. The van der Waals surface area contributed by atoms with Crippen molar-refractivity contribution in [3.05, 3.63) is 22.8 Å². The average Bonchev–Trinajstić information content (AvgIpc) is 2.71. The molecule has 0 aromatic carbocycles. The molecular formula is C8H9N3OS. The van der Waals surface area contributed by atoms with Crippen LogP contribution in [0.4, 0.5) is 0 Å². The van der Waals surface area contributed by atoms with Crippen LogP contribution in [0.25, 0.3) is 10.7 Å². The maximum absolute atomic E-state index is 8.77. The Bertz CT molecular complexity index is 407. The summed E-state index contributed by atoms with van der Waals surface area (Å²) in [4.78, 5) is 6.35. The zero-order valence-electron chi connectivity index (χ0n) is 7.11. The van der Waals surface area contributed by atoms with Gasteiger partial charge in [0.05, 0.1) is 4.88 Å². The van der Waals surface area contributed by atoms with Gasteiger partial charge < -0.3 is 5.11 Å². The van der Waals surface area contributed by atoms with Crippen molar-refractivity contribution in [3.8, 4) is 10.7 Å². The number of hydrogen-bond donors (Lipinski definition) is 2. The number of aliphatic hydroxyl groups is 1. The minimum atomic E-state index is -0.0998. The Labute approximate surface area is 79.3 Å². The highest BCUT2D eigenvalue weighted by molar-refractivity contribution is 7.15. The minimum Gasteiger partial charge on any atom is -0.388 e. The first kappa shape index (κ1) is 8.40. The lowest BCUT2D eigenvalue weighted by atomic mass is 10.4. The molecule has 0 radical (unpaired) electrons. The molecule has 0 spiro atoms. The molecule has 0 aliphatic heterocycles. The fourth-order valence-corrected chi connectivity index (χ4v) is 1.83. The molecule has 0 fully saturated rings. The van der Waals surface area contributed by atoms with Crippen molar-refractivity contribution in [3.63, 3.8) is 0 Å². The van der Waals surface area contributed by atoms with E-state index in [1.54, 1.807) is 11.3 Å². The first-order valence-electron chi connectivity index (χ1n) is 3.88. The summed E-state index contributed by atoms with van der Waals surface area (Å²) in [6.07, 6.45) is 0. The Morgan fingerprint density at radius 2 is 2.38 bits per heavy atom. The van der Waals surface area contributed by atoms with Gasteiger partial charge in [0.1, 0.15) is 6.61 Å². The van der Waals surface area contributed by atoms with Crippen molar-refractivity contribution in [1.29, 1.82) is 0 Å². The number of H-pyrrole nitrogens is 1. The second-order valence-electron chi connectivity index (χ2n) is 2.67. The van der Waals surface area contributed by atoms with Crippen molar-refractivity contribution in [2.24, 2.45) is 0 Å². The third-order valence-corrected chi connectivity index (χ3v) is 2.64. The van der Waals surface area contributed by atoms with Gasteiger partial charge in [0.25, 0.3) is 0 Å². The van der Waals surface area contributed by atoms with Crippen LogP contribution in [-0.2, 0) is 6.61 Å². The van der Waals surface area contributed by atoms with E-state index in [9.17, 15) is 0 Å². The molecule has 5 heteroatoms. The van der Waals surface area contributed by atoms with Crippen LogP contribution in [0.2, 0.25) is 0 Å². The van der Waals surface area contributed by atoms with E-state index >= 15 is 0 Å². The van der Waals surface area contributed by atoms with Crippen LogP contribution in [0.5, 0.6) is 0 Å². The van der Waals surface area contributed by atoms with E-state index in [1.165, 1.54) is 4.88 Å². The van der Waals surface area contributed by atoms with Gasteiger partial charge in [-0.2, -0.15) is 5.10 Å². The summed E-state index contributed by atoms with van der Waals surface area (Å²) < 4.78 is 0. The van der Waals surface area contributed by atoms with Gasteiger partial charge in [0.15, 0.2) is 11.6 Å². The summed E-state index contributed by atoms with van der Waals surface area (Å²) in [6, 6.07) is 4.00. The van der Waals surface area contributed by atoms with Crippen molar-refractivity contribution in [2.75, 3.05) is 0 Å². The molecule has 0 aliphatic carbocycles. The van der Waals surface area contributed by atoms with Crippen LogP contribution in [0, 0.1) is 6.92 Å². The number of aromatic nitrogens is 3. The molecule has 13 heavy (non-hydrogen) atoms. The number of nitrogens with one attached hydrogen (secondary N) is 1. The number of thiophene rings is 1. The smallest absolute Gasteiger partial charge is 0.191 e. The monoisotopic (exact) mass is 195 g/mol. The fourth-order valence-electron chi connectivity index (χ4n) is 1.03. The summed E-state index contributed by atoms with van der Waals surface area (Å²) in [5.74, 6) is 1.16. The largest absolute Gasteiger partial charge is 0.388 e. The van der Waals surface area contributed by atoms with Crippen LogP contribution in [0.15, 0.2) is 12.1 Å². The first-order valence-corrected chi connectivity index (χ1v) is 4.70. The molecule has 2 heterocycles. The van der Waals surface area contributed by atoms with E-state index in [1.807, 2.05) is 19.1 Å². The highest BCUT2D eigenvalue weighted by Crippen LogP contribution is 2.24. The van der Waals surface area contributed by atoms with Crippen LogP contribution in [0.1, 0.15) is 10.7 Å². The summed E-state index contributed by atoms with van der Waals surface area (Å²) >= 11 is 1.64. The topological polar surface area (TPSA) is 61.8 Å². The van der Waals surface area contributed by atoms with Crippen molar-refractivity contribution in [2.45, 2.75) is 13.5 Å². The zero-order chi connectivity index (χ0) is 9.26. The molecular weight excluding hydrogens is 186 g/mol. The third kappa shape index (κ3) is 1.61. The molecule has 0 atom stereocenters. The van der Waals surface area contributed by atoms with Gasteiger partial charge in [-0.15, -0.1) is 11.3 Å². The lowest BCUT2D eigenvalue weighted by Crippen LogP contribution is -1.84. The number of aromatic amines is 1. The predicted molar refractivity (Wildman–Crippen MR) is 50.4 cm³/mol. The summed E-state index contributed by atoms with van der Waals surface area (Å²) in [5.41, 5.74) is 0. The van der Waals surface area contributed by atoms with E-state index in [4.69, 9.17) is 5.11 Å². The van der Waals surface area contributed by atoms with E-state index in [0.717, 1.165) is 4.88 Å². The van der Waals surface area contributed by atoms with Crippen LogP contribution >= 0.6 is 11.3 Å². The molecule has 2 rings (SSSR count). The number of nitrogens with zero attached hydrogens (tertiary/aromatic N) is 2. The Morgan fingerprint density at radius 1 is 1.54 bits per heavy atom. The lowest BCUT2D eigenvalue weighted by Gasteiger charge is -1.84. The molecule has 0 amide bonds. The van der Waals surface area contributed by atoms with Gasteiger partial charge >= 0.3 is 0 Å². The first-order chi connectivity index (χ1) is 6.29. The van der Waals surface area contributed by atoms with Gasteiger partial charge in [-0.25, -0.2) is 4.98 Å². The molecule has 0 saturated carbocycles. The van der Waals surface area contributed by atoms with E-state index in [2.05, 4.69) is 15.2 Å². The number of rotatable bonds is 2. The Hall–Kier alpha value is -1.20. The number of aliphatic hydroxyl groups excluding tert-OH is 1. The van der Waals surface area contributed by atoms with E-state index in [-0.39, 0.29) is 6.61 Å². The average molecular weight is 195 g/mol. The molecule has 0 saturated heterocycles. The lowest BCUT2D eigenvalue weighted by molar-refractivity contribution is 0.272. The van der Waals surface area contributed by atoms with Crippen molar-refractivity contribution in [1.82, 2.24) is 15.2 Å². The second kappa shape index (κ2) is 3.27. The van der Waals surface area contributed by atoms with E-state index in [0.29, 0.717) is 11.6 Å². The van der Waals surface area contributed by atoms with Gasteiger partial charge in [-0.1, -0.05) is 0 Å². The van der Waals surface area contributed by atoms with Gasteiger partial charge in [-0.3, -0.25) is 5.10 Å². The van der Waals surface area contributed by atoms with E-state index < -0.39 is 0 Å². The normalized spacial score (nSPS) is 10.6. The highest BCUT2D eigenvalue weighted by Gasteiger charge is 2.06. The van der Waals surface area contributed by atoms with Crippen LogP contribution in [0.3, 0.4) is 0 Å². The number of aryl methyl sites for hydroxylation is 1. The minimum absolute atomic E-state index is 0.0998. The molecule has 68 valence electrons. The molecule has 0 bridgehead atoms. The number of hydrogen-bond acceptors (Lipinski definition) is 4. The quantitative estimate of drug-likeness (QED) is 0.760. The SMILES string of the molecule is Cc1ccc(-c2n[nH]c(CO)n2)s1. The molecule has 0 unspecified atom stereocenters. The molecule has 0 aliphatic rings. The Morgan fingerprint density at radius 3 is 2.92 bits per heavy atom. The van der Waals surface area contributed by atoms with Gasteiger partial charge in [0.2, 0.25) is 0 Å². The molecule has 2 aromatic rings. The Kier molecular flexibility index (Phi) is 2.12. The summed E-state index contributed by atoms with van der Waals surface area (Å²) in [6.45, 7) is 1.94. The maximum Gasteiger partial charge on any atom is 0.191 e. The van der Waals surface area contributed by atoms with Gasteiger partial charge in [-0.05, 0) is 19.1 Å². The summed E-state index contributed by atoms with van der Waals surface area (Å²) in [5, 5.41) is 15.4. The van der Waals surface area contributed by atoms with Crippen molar-refractivity contribution < 1.29 is 5.11 Å². The second-order valence-corrected chi connectivity index (χ2v) is 3.96. The Balaban J connectivity index is 2.35. The zero-order valence-corrected chi connectivity index (χ0v) is 7.93. The van der Waals surface area contributed by atoms with Crippen LogP contribution in [-0.4, -0.2) is 20.3 Å². The fraction of sp³-hybridized carbons (Fsp3) is 0.250. The maximum atomic E-state index is 8.77. The third-order valence-electron chi connectivity index (χ3n) is 1.64. The standard InChI is InChI=1S/C8H9N3OS/c1-5-2-3-6(13-5)8-9-7(4-12)10-11-8/h2-3,12H,4H2,1H3,(H,9,10,11). The van der Waals surface area contributed by atoms with Gasteiger partial charge in [0, 0.05) is 4.88 Å². The van der Waals surface area contributed by atoms with Crippen LogP contribution < -0.4 is 0 Å².